The standard InChI is InChI=1S/C34H40N6O6S/c1-45-29-11-13-30(14-12-29)47(43,44)36-15-6-18-39-32(33(41)38-19-16-35-17-20-38)31(26-7-3-2-4-8-26)40(34(39)42)28-10-5-9-27(25-28)37-21-23-46-24-22-37/h2-5,7-14,25,35-36H,6,15-24H2,1H3. The monoisotopic (exact) mass is 660 g/mol. The second-order valence-electron chi connectivity index (χ2n) is 11.4. The van der Waals surface area contributed by atoms with Crippen molar-refractivity contribution in [1.29, 1.82) is 0 Å². The van der Waals surface area contributed by atoms with E-state index in [1.807, 2.05) is 54.6 Å². The molecular formula is C34H40N6O6S. The van der Waals surface area contributed by atoms with Crippen LogP contribution in [0.15, 0.2) is 88.6 Å². The molecule has 0 bridgehead atoms. The molecule has 2 aliphatic rings. The van der Waals surface area contributed by atoms with Crippen molar-refractivity contribution in [2.75, 3.05) is 71.0 Å². The van der Waals surface area contributed by atoms with Gasteiger partial charge in [-0.1, -0.05) is 36.4 Å². The first kappa shape index (κ1) is 32.5. The van der Waals surface area contributed by atoms with E-state index >= 15 is 0 Å². The highest BCUT2D eigenvalue weighted by Gasteiger charge is 2.31. The molecular weight excluding hydrogens is 620 g/mol. The Hall–Kier alpha value is -4.43. The number of piperazine rings is 1. The largest absolute Gasteiger partial charge is 0.497 e. The third kappa shape index (κ3) is 7.13. The van der Waals surface area contributed by atoms with Gasteiger partial charge in [-0.25, -0.2) is 17.9 Å². The first-order valence-corrected chi connectivity index (χ1v) is 17.3. The Kier molecular flexibility index (Phi) is 10.1. The highest BCUT2D eigenvalue weighted by atomic mass is 32.2. The van der Waals surface area contributed by atoms with E-state index < -0.39 is 10.0 Å². The number of anilines is 1. The van der Waals surface area contributed by atoms with Gasteiger partial charge in [0.2, 0.25) is 10.0 Å². The average molecular weight is 661 g/mol. The first-order chi connectivity index (χ1) is 22.9. The highest BCUT2D eigenvalue weighted by molar-refractivity contribution is 7.89. The number of hydrogen-bond donors (Lipinski definition) is 2. The maximum absolute atomic E-state index is 14.5. The lowest BCUT2D eigenvalue weighted by molar-refractivity contribution is 0.0725. The van der Waals surface area contributed by atoms with Crippen LogP contribution in [-0.2, 0) is 21.3 Å². The lowest BCUT2D eigenvalue weighted by atomic mass is 10.1. The van der Waals surface area contributed by atoms with Crippen LogP contribution in [0.1, 0.15) is 16.9 Å². The van der Waals surface area contributed by atoms with Gasteiger partial charge in [0.25, 0.3) is 5.91 Å². The summed E-state index contributed by atoms with van der Waals surface area (Å²) in [5.74, 6) is 0.323. The Morgan fingerprint density at radius 2 is 1.62 bits per heavy atom. The summed E-state index contributed by atoms with van der Waals surface area (Å²) in [6, 6.07) is 23.4. The van der Waals surface area contributed by atoms with E-state index in [0.717, 1.165) is 24.3 Å². The topological polar surface area (TPSA) is 127 Å². The van der Waals surface area contributed by atoms with Gasteiger partial charge in [-0.15, -0.1) is 0 Å². The number of methoxy groups -OCH3 is 1. The molecule has 0 aliphatic carbocycles. The number of benzene rings is 3. The molecule has 0 unspecified atom stereocenters. The fourth-order valence-electron chi connectivity index (χ4n) is 6.02. The molecule has 6 rings (SSSR count). The number of nitrogens with zero attached hydrogens (tertiary/aromatic N) is 4. The molecule has 1 aromatic heterocycles. The quantitative estimate of drug-likeness (QED) is 0.235. The number of carbonyl (C=O) groups excluding carboxylic acids is 1. The molecule has 2 saturated heterocycles. The van der Waals surface area contributed by atoms with Gasteiger partial charge in [0.15, 0.2) is 0 Å². The van der Waals surface area contributed by atoms with Crippen LogP contribution in [0.25, 0.3) is 16.9 Å². The van der Waals surface area contributed by atoms with Crippen molar-refractivity contribution >= 4 is 21.6 Å². The molecule has 2 aliphatic heterocycles. The van der Waals surface area contributed by atoms with Gasteiger partial charge in [0.05, 0.1) is 36.6 Å². The summed E-state index contributed by atoms with van der Waals surface area (Å²) in [4.78, 5) is 32.9. The third-order valence-corrected chi connectivity index (χ3v) is 9.96. The number of ether oxygens (including phenoxy) is 2. The van der Waals surface area contributed by atoms with Crippen LogP contribution in [-0.4, -0.2) is 94.5 Å². The number of nitrogens with one attached hydrogen (secondary N) is 2. The molecule has 0 atom stereocenters. The number of amides is 1. The Morgan fingerprint density at radius 3 is 2.32 bits per heavy atom. The van der Waals surface area contributed by atoms with E-state index in [-0.39, 0.29) is 41.7 Å². The molecule has 3 heterocycles. The van der Waals surface area contributed by atoms with Crippen molar-refractivity contribution < 1.29 is 22.7 Å². The van der Waals surface area contributed by atoms with Crippen LogP contribution in [0.3, 0.4) is 0 Å². The van der Waals surface area contributed by atoms with E-state index in [0.29, 0.717) is 56.5 Å². The van der Waals surface area contributed by atoms with Crippen LogP contribution in [0.2, 0.25) is 0 Å². The van der Waals surface area contributed by atoms with E-state index in [1.54, 1.807) is 21.6 Å². The van der Waals surface area contributed by atoms with Crippen molar-refractivity contribution in [3.8, 4) is 22.7 Å². The van der Waals surface area contributed by atoms with Gasteiger partial charge in [-0.05, 0) is 48.9 Å². The predicted molar refractivity (Wildman–Crippen MR) is 180 cm³/mol. The molecule has 248 valence electrons. The number of carbonyl (C=O) groups is 1. The smallest absolute Gasteiger partial charge is 0.333 e. The molecule has 3 aromatic carbocycles. The summed E-state index contributed by atoms with van der Waals surface area (Å²) in [6.45, 7) is 5.28. The molecule has 12 nitrogen and oxygen atoms in total. The van der Waals surface area contributed by atoms with Crippen LogP contribution >= 0.6 is 0 Å². The van der Waals surface area contributed by atoms with Crippen molar-refractivity contribution in [2.45, 2.75) is 17.9 Å². The molecule has 0 radical (unpaired) electrons. The Bertz CT molecular complexity index is 1840. The first-order valence-electron chi connectivity index (χ1n) is 15.9. The Morgan fingerprint density at radius 1 is 0.915 bits per heavy atom. The van der Waals surface area contributed by atoms with Crippen LogP contribution < -0.4 is 25.4 Å². The minimum absolute atomic E-state index is 0.0699. The van der Waals surface area contributed by atoms with Gasteiger partial charge < -0.3 is 24.6 Å². The van der Waals surface area contributed by atoms with Gasteiger partial charge in [-0.3, -0.25) is 13.9 Å². The van der Waals surface area contributed by atoms with Crippen molar-refractivity contribution in [1.82, 2.24) is 24.1 Å². The zero-order valence-electron chi connectivity index (χ0n) is 26.4. The van der Waals surface area contributed by atoms with E-state index in [1.165, 1.54) is 23.8 Å². The number of sulfonamides is 1. The minimum atomic E-state index is -3.79. The lowest BCUT2D eigenvalue weighted by Crippen LogP contribution is -2.47. The molecule has 2 fully saturated rings. The molecule has 0 spiro atoms. The van der Waals surface area contributed by atoms with E-state index in [9.17, 15) is 18.0 Å². The maximum Gasteiger partial charge on any atom is 0.333 e. The number of aromatic nitrogens is 2. The fraction of sp³-hybridized carbons (Fsp3) is 0.353. The second-order valence-corrected chi connectivity index (χ2v) is 13.2. The fourth-order valence-corrected chi connectivity index (χ4v) is 7.10. The van der Waals surface area contributed by atoms with Gasteiger partial charge in [0, 0.05) is 63.6 Å². The molecule has 4 aromatic rings. The summed E-state index contributed by atoms with van der Waals surface area (Å²) in [5, 5.41) is 3.28. The minimum Gasteiger partial charge on any atom is -0.497 e. The second kappa shape index (κ2) is 14.6. The zero-order valence-corrected chi connectivity index (χ0v) is 27.2. The number of rotatable bonds is 11. The number of imidazole rings is 1. The van der Waals surface area contributed by atoms with Crippen molar-refractivity contribution in [3.05, 3.63) is 95.0 Å². The average Bonchev–Trinajstić information content (AvgIpc) is 3.42. The zero-order chi connectivity index (χ0) is 32.8. The number of hydrogen-bond acceptors (Lipinski definition) is 8. The van der Waals surface area contributed by atoms with E-state index in [2.05, 4.69) is 14.9 Å². The van der Waals surface area contributed by atoms with Gasteiger partial charge in [-0.2, -0.15) is 0 Å². The molecule has 2 N–H and O–H groups in total. The summed E-state index contributed by atoms with van der Waals surface area (Å²) in [6.07, 6.45) is 0.281. The van der Waals surface area contributed by atoms with Crippen LogP contribution in [0, 0.1) is 0 Å². The normalized spacial score (nSPS) is 15.5. The summed E-state index contributed by atoms with van der Waals surface area (Å²) < 4.78 is 42.4. The van der Waals surface area contributed by atoms with Crippen molar-refractivity contribution in [2.24, 2.45) is 0 Å². The van der Waals surface area contributed by atoms with Gasteiger partial charge in [0.1, 0.15) is 11.4 Å². The molecule has 0 saturated carbocycles. The molecule has 1 amide bonds. The molecule has 13 heteroatoms. The predicted octanol–water partition coefficient (Wildman–Crippen LogP) is 2.57. The summed E-state index contributed by atoms with van der Waals surface area (Å²) in [5.41, 5.74) is 2.78. The van der Waals surface area contributed by atoms with Gasteiger partial charge >= 0.3 is 5.69 Å². The Balaban J connectivity index is 1.38. The molecule has 47 heavy (non-hydrogen) atoms. The van der Waals surface area contributed by atoms with Crippen LogP contribution in [0.4, 0.5) is 5.69 Å². The van der Waals surface area contributed by atoms with E-state index in [4.69, 9.17) is 9.47 Å². The maximum atomic E-state index is 14.5. The summed E-state index contributed by atoms with van der Waals surface area (Å²) >= 11 is 0. The Labute approximate surface area is 274 Å². The highest BCUT2D eigenvalue weighted by Crippen LogP contribution is 2.29. The number of morpholine rings is 1. The lowest BCUT2D eigenvalue weighted by Gasteiger charge is -2.29. The summed E-state index contributed by atoms with van der Waals surface area (Å²) in [7, 11) is -2.28. The SMILES string of the molecule is COc1ccc(S(=O)(=O)NCCCn2c(C(=O)N3CCNCC3)c(-c3ccccc3)n(-c3cccc(N4CCOCC4)c3)c2=O)cc1. The van der Waals surface area contributed by atoms with Crippen LogP contribution in [0.5, 0.6) is 5.75 Å². The van der Waals surface area contributed by atoms with Crippen molar-refractivity contribution in [3.63, 3.8) is 0 Å². The third-order valence-electron chi connectivity index (χ3n) is 8.48.